The summed E-state index contributed by atoms with van der Waals surface area (Å²) in [4.78, 5) is 38.2. The summed E-state index contributed by atoms with van der Waals surface area (Å²) in [6.07, 6.45) is 6.75. The van der Waals surface area contributed by atoms with Crippen LogP contribution in [0.2, 0.25) is 0 Å². The molecule has 0 atom stereocenters. The number of rotatable bonds is 7. The third kappa shape index (κ3) is 5.21. The lowest BCUT2D eigenvalue weighted by molar-refractivity contribution is -0.127. The third-order valence-corrected chi connectivity index (χ3v) is 4.96. The normalized spacial score (nSPS) is 14.5. The predicted molar refractivity (Wildman–Crippen MR) is 115 cm³/mol. The van der Waals surface area contributed by atoms with Crippen LogP contribution in [0.5, 0.6) is 11.5 Å². The van der Waals surface area contributed by atoms with Crippen molar-refractivity contribution in [3.63, 3.8) is 0 Å². The molecule has 3 amide bonds. The number of imide groups is 1. The maximum absolute atomic E-state index is 12.6. The standard InChI is InChI=1S/C22H18N2O5S/c1-3-12-29-18-8-4-15(5-9-18)13-19-21(26)24(22(27)30-19)14-20(25)23-16-6-10-17(28-2)11-7-16/h1,4-11,13H,12,14H2,2H3,(H,23,25)/b19-13+. The van der Waals surface area contributed by atoms with Crippen molar-refractivity contribution in [3.8, 4) is 23.8 Å². The van der Waals surface area contributed by atoms with Crippen LogP contribution in [0, 0.1) is 12.3 Å². The minimum atomic E-state index is -0.512. The van der Waals surface area contributed by atoms with Gasteiger partial charge in [0.15, 0.2) is 0 Å². The fraction of sp³-hybridized carbons (Fsp3) is 0.136. The Kier molecular flexibility index (Phi) is 6.78. The van der Waals surface area contributed by atoms with E-state index in [4.69, 9.17) is 15.9 Å². The molecule has 1 aliphatic rings. The summed E-state index contributed by atoms with van der Waals surface area (Å²) >= 11 is 0.792. The summed E-state index contributed by atoms with van der Waals surface area (Å²) in [5.41, 5.74) is 1.26. The number of hydrogen-bond acceptors (Lipinski definition) is 6. The first kappa shape index (κ1) is 21.0. The van der Waals surface area contributed by atoms with E-state index in [1.165, 1.54) is 0 Å². The fourth-order valence-corrected chi connectivity index (χ4v) is 3.43. The van der Waals surface area contributed by atoms with Crippen molar-refractivity contribution in [2.45, 2.75) is 0 Å². The number of terminal acetylenes is 1. The molecule has 3 rings (SSSR count). The van der Waals surface area contributed by atoms with Gasteiger partial charge < -0.3 is 14.8 Å². The van der Waals surface area contributed by atoms with Gasteiger partial charge in [0.1, 0.15) is 24.7 Å². The predicted octanol–water partition coefficient (Wildman–Crippen LogP) is 3.38. The second-order valence-corrected chi connectivity index (χ2v) is 7.10. The van der Waals surface area contributed by atoms with Crippen LogP contribution in [0.15, 0.2) is 53.4 Å². The summed E-state index contributed by atoms with van der Waals surface area (Å²) in [6.45, 7) is -0.205. The molecular weight excluding hydrogens is 404 g/mol. The molecule has 1 saturated heterocycles. The minimum Gasteiger partial charge on any atom is -0.497 e. The average molecular weight is 422 g/mol. The molecule has 2 aromatic carbocycles. The van der Waals surface area contributed by atoms with Gasteiger partial charge in [-0.1, -0.05) is 18.1 Å². The Morgan fingerprint density at radius 1 is 1.13 bits per heavy atom. The summed E-state index contributed by atoms with van der Waals surface area (Å²) in [5.74, 6) is 2.65. The molecule has 7 nitrogen and oxygen atoms in total. The molecule has 2 aromatic rings. The Morgan fingerprint density at radius 2 is 1.80 bits per heavy atom. The lowest BCUT2D eigenvalue weighted by Gasteiger charge is -2.12. The topological polar surface area (TPSA) is 84.9 Å². The van der Waals surface area contributed by atoms with Crippen molar-refractivity contribution in [2.24, 2.45) is 0 Å². The van der Waals surface area contributed by atoms with Crippen molar-refractivity contribution in [1.82, 2.24) is 4.90 Å². The molecule has 1 N–H and O–H groups in total. The summed E-state index contributed by atoms with van der Waals surface area (Å²) in [6, 6.07) is 13.7. The monoisotopic (exact) mass is 422 g/mol. The Hall–Kier alpha value is -3.70. The number of thioether (sulfide) groups is 1. The van der Waals surface area contributed by atoms with E-state index in [-0.39, 0.29) is 18.1 Å². The number of methoxy groups -OCH3 is 1. The molecule has 0 aliphatic carbocycles. The third-order valence-electron chi connectivity index (χ3n) is 4.05. The van der Waals surface area contributed by atoms with Gasteiger partial charge in [0.25, 0.3) is 11.1 Å². The summed E-state index contributed by atoms with van der Waals surface area (Å²) in [5, 5.41) is 2.16. The van der Waals surface area contributed by atoms with E-state index in [0.717, 1.165) is 22.2 Å². The first-order chi connectivity index (χ1) is 14.5. The Bertz CT molecular complexity index is 1020. The van der Waals surface area contributed by atoms with Gasteiger partial charge in [-0.2, -0.15) is 0 Å². The quantitative estimate of drug-likeness (QED) is 0.544. The number of amides is 3. The molecule has 0 unspecified atom stereocenters. The molecule has 152 valence electrons. The number of carbonyl (C=O) groups excluding carboxylic acids is 3. The smallest absolute Gasteiger partial charge is 0.294 e. The van der Waals surface area contributed by atoms with Crippen molar-refractivity contribution in [1.29, 1.82) is 0 Å². The highest BCUT2D eigenvalue weighted by Crippen LogP contribution is 2.32. The van der Waals surface area contributed by atoms with Crippen molar-refractivity contribution in [2.75, 3.05) is 25.6 Å². The Morgan fingerprint density at radius 3 is 2.43 bits per heavy atom. The molecule has 0 bridgehead atoms. The van der Waals surface area contributed by atoms with Crippen LogP contribution in [0.3, 0.4) is 0 Å². The highest BCUT2D eigenvalue weighted by Gasteiger charge is 2.36. The largest absolute Gasteiger partial charge is 0.497 e. The molecule has 1 heterocycles. The van der Waals surface area contributed by atoms with Crippen LogP contribution in [-0.2, 0) is 9.59 Å². The Balaban J connectivity index is 1.62. The molecule has 30 heavy (non-hydrogen) atoms. The highest BCUT2D eigenvalue weighted by molar-refractivity contribution is 8.18. The van der Waals surface area contributed by atoms with Gasteiger partial charge in [0, 0.05) is 5.69 Å². The zero-order valence-electron chi connectivity index (χ0n) is 16.1. The van der Waals surface area contributed by atoms with Gasteiger partial charge in [0.05, 0.1) is 12.0 Å². The number of nitrogens with zero attached hydrogens (tertiary/aromatic N) is 1. The summed E-state index contributed by atoms with van der Waals surface area (Å²) < 4.78 is 10.4. The number of anilines is 1. The van der Waals surface area contributed by atoms with Gasteiger partial charge in [0.2, 0.25) is 5.91 Å². The van der Waals surface area contributed by atoms with Gasteiger partial charge >= 0.3 is 0 Å². The maximum atomic E-state index is 12.6. The van der Waals surface area contributed by atoms with Crippen LogP contribution in [0.1, 0.15) is 5.56 Å². The fourth-order valence-electron chi connectivity index (χ4n) is 2.59. The highest BCUT2D eigenvalue weighted by atomic mass is 32.2. The molecule has 1 fully saturated rings. The molecule has 0 spiro atoms. The summed E-state index contributed by atoms with van der Waals surface area (Å²) in [7, 11) is 1.54. The second-order valence-electron chi connectivity index (χ2n) is 6.11. The van der Waals surface area contributed by atoms with Crippen molar-refractivity contribution in [3.05, 3.63) is 59.0 Å². The van der Waals surface area contributed by atoms with Gasteiger partial charge in [-0.3, -0.25) is 19.3 Å². The van der Waals surface area contributed by atoms with Crippen molar-refractivity contribution < 1.29 is 23.9 Å². The molecule has 0 radical (unpaired) electrons. The van der Waals surface area contributed by atoms with Gasteiger partial charge in [-0.15, -0.1) is 6.42 Å². The number of nitrogens with one attached hydrogen (secondary N) is 1. The van der Waals surface area contributed by atoms with E-state index < -0.39 is 17.1 Å². The van der Waals surface area contributed by atoms with Crippen LogP contribution in [-0.4, -0.2) is 42.2 Å². The van der Waals surface area contributed by atoms with E-state index in [1.807, 2.05) is 0 Å². The molecule has 1 aliphatic heterocycles. The zero-order valence-corrected chi connectivity index (χ0v) is 16.9. The van der Waals surface area contributed by atoms with E-state index in [1.54, 1.807) is 61.7 Å². The number of carbonyl (C=O) groups is 3. The van der Waals surface area contributed by atoms with E-state index in [0.29, 0.717) is 17.2 Å². The molecule has 0 saturated carbocycles. The van der Waals surface area contributed by atoms with E-state index >= 15 is 0 Å². The van der Waals surface area contributed by atoms with Crippen molar-refractivity contribution >= 4 is 40.6 Å². The van der Waals surface area contributed by atoms with Crippen LogP contribution in [0.4, 0.5) is 10.5 Å². The lowest BCUT2D eigenvalue weighted by atomic mass is 10.2. The zero-order chi connectivity index (χ0) is 21.5. The Labute approximate surface area is 178 Å². The second kappa shape index (κ2) is 9.67. The SMILES string of the molecule is C#CCOc1ccc(/C=C2/SC(=O)N(CC(=O)Nc3ccc(OC)cc3)C2=O)cc1. The first-order valence-electron chi connectivity index (χ1n) is 8.86. The van der Waals surface area contributed by atoms with Gasteiger partial charge in [-0.25, -0.2) is 0 Å². The average Bonchev–Trinajstić information content (AvgIpc) is 3.01. The molecule has 8 heteroatoms. The number of hydrogen-bond donors (Lipinski definition) is 1. The number of benzene rings is 2. The maximum Gasteiger partial charge on any atom is 0.294 e. The first-order valence-corrected chi connectivity index (χ1v) is 9.67. The lowest BCUT2D eigenvalue weighted by Crippen LogP contribution is -2.36. The minimum absolute atomic E-state index is 0.164. The molecule has 0 aromatic heterocycles. The molecular formula is C22H18N2O5S. The van der Waals surface area contributed by atoms with E-state index in [2.05, 4.69) is 11.2 Å². The van der Waals surface area contributed by atoms with Crippen LogP contribution >= 0.6 is 11.8 Å². The van der Waals surface area contributed by atoms with E-state index in [9.17, 15) is 14.4 Å². The van der Waals surface area contributed by atoms with Gasteiger partial charge in [-0.05, 0) is 59.8 Å². The number of ether oxygens (including phenoxy) is 2. The van der Waals surface area contributed by atoms with Crippen LogP contribution < -0.4 is 14.8 Å². The van der Waals surface area contributed by atoms with Crippen LogP contribution in [0.25, 0.3) is 6.08 Å².